The molecule has 20 heavy (non-hydrogen) atoms. The van der Waals surface area contributed by atoms with Crippen LogP contribution in [0.5, 0.6) is 0 Å². The van der Waals surface area contributed by atoms with E-state index in [0.717, 1.165) is 51.4 Å². The molecule has 2 fully saturated rings. The third-order valence-corrected chi connectivity index (χ3v) is 4.46. The van der Waals surface area contributed by atoms with Crippen molar-refractivity contribution in [3.8, 4) is 0 Å². The van der Waals surface area contributed by atoms with Crippen LogP contribution >= 0.6 is 11.6 Å². The van der Waals surface area contributed by atoms with Crippen LogP contribution in [0.3, 0.4) is 0 Å². The molecule has 0 bridgehead atoms. The smallest absolute Gasteiger partial charge is 0.125 e. The molecule has 0 aromatic heterocycles. The van der Waals surface area contributed by atoms with Gasteiger partial charge in [0, 0.05) is 56.9 Å². The topological polar surface area (TPSA) is 18.5 Å². The Labute approximate surface area is 124 Å². The number of piperazine rings is 1. The molecule has 0 aliphatic carbocycles. The average Bonchev–Trinajstić information content (AvgIpc) is 2.87. The quantitative estimate of drug-likeness (QED) is 0.920. The molecule has 0 radical (unpaired) electrons. The lowest BCUT2D eigenvalue weighted by Gasteiger charge is -2.32. The van der Waals surface area contributed by atoms with E-state index in [2.05, 4.69) is 15.1 Å². The predicted molar refractivity (Wildman–Crippen MR) is 79.5 cm³/mol. The summed E-state index contributed by atoms with van der Waals surface area (Å²) in [5.41, 5.74) is 0.968. The van der Waals surface area contributed by atoms with Crippen LogP contribution in [0.2, 0.25) is 5.02 Å². The van der Waals surface area contributed by atoms with Crippen LogP contribution in [0.4, 0.5) is 4.39 Å². The molecule has 2 aliphatic heterocycles. The van der Waals surface area contributed by atoms with Gasteiger partial charge in [-0.05, 0) is 30.2 Å². The van der Waals surface area contributed by atoms with Crippen molar-refractivity contribution < 1.29 is 4.39 Å². The van der Waals surface area contributed by atoms with Crippen molar-refractivity contribution in [2.75, 3.05) is 39.3 Å². The Bertz CT molecular complexity index is 442. The van der Waals surface area contributed by atoms with Gasteiger partial charge >= 0.3 is 0 Å². The SMILES string of the molecule is Fc1cc(Cl)cc(CN2CCC(N3CCNCC3)C2)c1. The second kappa shape index (κ2) is 6.39. The Hall–Kier alpha value is -0.680. The van der Waals surface area contributed by atoms with Gasteiger partial charge in [0.1, 0.15) is 5.82 Å². The van der Waals surface area contributed by atoms with Gasteiger partial charge in [-0.1, -0.05) is 11.6 Å². The molecule has 1 aromatic rings. The number of hydrogen-bond acceptors (Lipinski definition) is 3. The average molecular weight is 298 g/mol. The van der Waals surface area contributed by atoms with Gasteiger partial charge < -0.3 is 5.32 Å². The summed E-state index contributed by atoms with van der Waals surface area (Å²) in [4.78, 5) is 4.98. The maximum Gasteiger partial charge on any atom is 0.125 e. The summed E-state index contributed by atoms with van der Waals surface area (Å²) < 4.78 is 13.4. The van der Waals surface area contributed by atoms with Crippen molar-refractivity contribution in [3.05, 3.63) is 34.6 Å². The van der Waals surface area contributed by atoms with Crippen LogP contribution in [-0.2, 0) is 6.54 Å². The number of nitrogens with one attached hydrogen (secondary N) is 1. The van der Waals surface area contributed by atoms with Gasteiger partial charge in [0.25, 0.3) is 0 Å². The van der Waals surface area contributed by atoms with E-state index >= 15 is 0 Å². The zero-order valence-electron chi connectivity index (χ0n) is 11.6. The van der Waals surface area contributed by atoms with E-state index in [1.165, 1.54) is 12.5 Å². The van der Waals surface area contributed by atoms with Gasteiger partial charge in [-0.25, -0.2) is 4.39 Å². The summed E-state index contributed by atoms with van der Waals surface area (Å²) in [6.07, 6.45) is 1.21. The minimum absolute atomic E-state index is 0.245. The van der Waals surface area contributed by atoms with Crippen LogP contribution in [0, 0.1) is 5.82 Å². The third-order valence-electron chi connectivity index (χ3n) is 4.24. The minimum atomic E-state index is -0.245. The first-order valence-electron chi connectivity index (χ1n) is 7.33. The number of hydrogen-bond donors (Lipinski definition) is 1. The standard InChI is InChI=1S/C15H21ClFN3/c16-13-7-12(8-14(17)9-13)10-19-4-1-15(11-19)20-5-2-18-3-6-20/h7-9,15,18H,1-6,10-11H2. The Balaban J connectivity index is 1.57. The molecule has 2 aliphatic rings. The number of benzene rings is 1. The fourth-order valence-electron chi connectivity index (χ4n) is 3.26. The van der Waals surface area contributed by atoms with E-state index in [1.807, 2.05) is 6.07 Å². The molecule has 1 N–H and O–H groups in total. The first-order valence-corrected chi connectivity index (χ1v) is 7.70. The molecule has 1 unspecified atom stereocenters. The highest BCUT2D eigenvalue weighted by Gasteiger charge is 2.28. The summed E-state index contributed by atoms with van der Waals surface area (Å²) in [6, 6.07) is 5.46. The van der Waals surface area contributed by atoms with Gasteiger partial charge in [0.2, 0.25) is 0 Å². The largest absolute Gasteiger partial charge is 0.314 e. The summed E-state index contributed by atoms with van der Waals surface area (Å²) in [5, 5.41) is 3.87. The van der Waals surface area contributed by atoms with E-state index in [4.69, 9.17) is 11.6 Å². The van der Waals surface area contributed by atoms with Crippen molar-refractivity contribution in [2.24, 2.45) is 0 Å². The van der Waals surface area contributed by atoms with E-state index in [-0.39, 0.29) is 5.82 Å². The predicted octanol–water partition coefficient (Wildman–Crippen LogP) is 1.96. The van der Waals surface area contributed by atoms with E-state index in [1.54, 1.807) is 6.07 Å². The molecule has 1 aromatic carbocycles. The summed E-state index contributed by atoms with van der Waals surface area (Å²) in [7, 11) is 0. The number of nitrogens with zero attached hydrogens (tertiary/aromatic N) is 2. The second-order valence-corrected chi connectivity index (χ2v) is 6.18. The first kappa shape index (κ1) is 14.3. The lowest BCUT2D eigenvalue weighted by atomic mass is 10.2. The Morgan fingerprint density at radius 1 is 1.20 bits per heavy atom. The van der Waals surface area contributed by atoms with Crippen molar-refractivity contribution >= 4 is 11.6 Å². The highest BCUT2D eigenvalue weighted by Crippen LogP contribution is 2.20. The highest BCUT2D eigenvalue weighted by molar-refractivity contribution is 6.30. The van der Waals surface area contributed by atoms with E-state index in [0.29, 0.717) is 11.1 Å². The first-order chi connectivity index (χ1) is 9.70. The summed E-state index contributed by atoms with van der Waals surface area (Å²) >= 11 is 5.91. The monoisotopic (exact) mass is 297 g/mol. The molecular weight excluding hydrogens is 277 g/mol. The molecule has 1 atom stereocenters. The van der Waals surface area contributed by atoms with Crippen LogP contribution < -0.4 is 5.32 Å². The van der Waals surface area contributed by atoms with Crippen LogP contribution in [0.1, 0.15) is 12.0 Å². The molecule has 0 amide bonds. The van der Waals surface area contributed by atoms with E-state index < -0.39 is 0 Å². The normalized spacial score (nSPS) is 25.2. The van der Waals surface area contributed by atoms with Gasteiger partial charge in [-0.3, -0.25) is 9.80 Å². The molecule has 3 nitrogen and oxygen atoms in total. The minimum Gasteiger partial charge on any atom is -0.314 e. The van der Waals surface area contributed by atoms with Gasteiger partial charge in [0.05, 0.1) is 0 Å². The lowest BCUT2D eigenvalue weighted by Crippen LogP contribution is -2.49. The van der Waals surface area contributed by atoms with Crippen molar-refractivity contribution in [1.29, 1.82) is 0 Å². The number of halogens is 2. The molecular formula is C15H21ClFN3. The fraction of sp³-hybridized carbons (Fsp3) is 0.600. The van der Waals surface area contributed by atoms with E-state index in [9.17, 15) is 4.39 Å². The van der Waals surface area contributed by atoms with Crippen molar-refractivity contribution in [2.45, 2.75) is 19.0 Å². The van der Waals surface area contributed by atoms with Crippen LogP contribution in [0.25, 0.3) is 0 Å². The summed E-state index contributed by atoms with van der Waals surface area (Å²) in [5.74, 6) is -0.245. The molecule has 2 heterocycles. The van der Waals surface area contributed by atoms with Crippen molar-refractivity contribution in [3.63, 3.8) is 0 Å². The highest BCUT2D eigenvalue weighted by atomic mass is 35.5. The van der Waals surface area contributed by atoms with Crippen LogP contribution in [0.15, 0.2) is 18.2 Å². The molecule has 0 spiro atoms. The van der Waals surface area contributed by atoms with Gasteiger partial charge in [-0.2, -0.15) is 0 Å². The molecule has 110 valence electrons. The number of rotatable bonds is 3. The zero-order chi connectivity index (χ0) is 13.9. The third kappa shape index (κ3) is 3.50. The number of likely N-dealkylation sites (tertiary alicyclic amines) is 1. The Kier molecular flexibility index (Phi) is 4.56. The zero-order valence-corrected chi connectivity index (χ0v) is 12.4. The van der Waals surface area contributed by atoms with Gasteiger partial charge in [-0.15, -0.1) is 0 Å². The van der Waals surface area contributed by atoms with Gasteiger partial charge in [0.15, 0.2) is 0 Å². The maximum atomic E-state index is 13.4. The molecule has 5 heteroatoms. The molecule has 0 saturated carbocycles. The lowest BCUT2D eigenvalue weighted by molar-refractivity contribution is 0.170. The second-order valence-electron chi connectivity index (χ2n) is 5.74. The Morgan fingerprint density at radius 2 is 2.00 bits per heavy atom. The molecule has 3 rings (SSSR count). The maximum absolute atomic E-state index is 13.4. The summed E-state index contributed by atoms with van der Waals surface area (Å²) in [6.45, 7) is 7.43. The molecule has 2 saturated heterocycles. The fourth-order valence-corrected chi connectivity index (χ4v) is 3.51. The van der Waals surface area contributed by atoms with Crippen LogP contribution in [-0.4, -0.2) is 55.1 Å². The van der Waals surface area contributed by atoms with Crippen molar-refractivity contribution in [1.82, 2.24) is 15.1 Å². The Morgan fingerprint density at radius 3 is 2.75 bits per heavy atom.